The summed E-state index contributed by atoms with van der Waals surface area (Å²) in [7, 11) is 0. The Bertz CT molecular complexity index is 552. The summed E-state index contributed by atoms with van der Waals surface area (Å²) in [6, 6.07) is 10.4. The molecule has 112 valence electrons. The lowest BCUT2D eigenvalue weighted by Crippen LogP contribution is -2.07. The second kappa shape index (κ2) is 7.09. The van der Waals surface area contributed by atoms with E-state index in [1.807, 2.05) is 6.07 Å². The maximum atomic E-state index is 5.72. The molecular weight excluding hydrogens is 284 g/mol. The van der Waals surface area contributed by atoms with Gasteiger partial charge in [0.05, 0.1) is 6.10 Å². The number of nitrogens with zero attached hydrogens (tertiary/aromatic N) is 2. The zero-order chi connectivity index (χ0) is 14.5. The summed E-state index contributed by atoms with van der Waals surface area (Å²) in [6.07, 6.45) is 3.42. The third-order valence-electron chi connectivity index (χ3n) is 3.71. The molecule has 0 spiro atoms. The highest BCUT2D eigenvalue weighted by atomic mass is 32.2. The Morgan fingerprint density at radius 1 is 1.29 bits per heavy atom. The van der Waals surface area contributed by atoms with E-state index in [2.05, 4.69) is 41.4 Å². The quantitative estimate of drug-likeness (QED) is 0.762. The van der Waals surface area contributed by atoms with Gasteiger partial charge in [0.1, 0.15) is 0 Å². The van der Waals surface area contributed by atoms with E-state index in [9.17, 15) is 0 Å². The van der Waals surface area contributed by atoms with Gasteiger partial charge in [-0.1, -0.05) is 49.0 Å². The van der Waals surface area contributed by atoms with Gasteiger partial charge in [0.25, 0.3) is 5.22 Å². The first-order chi connectivity index (χ1) is 10.3. The fourth-order valence-electron chi connectivity index (χ4n) is 2.48. The Labute approximate surface area is 129 Å². The van der Waals surface area contributed by atoms with Crippen molar-refractivity contribution in [3.05, 3.63) is 41.8 Å². The molecule has 4 nitrogen and oxygen atoms in total. The normalized spacial score (nSPS) is 19.8. The summed E-state index contributed by atoms with van der Waals surface area (Å²) in [5, 5.41) is 8.92. The number of thioether (sulfide) groups is 1. The maximum Gasteiger partial charge on any atom is 0.276 e. The number of hydrogen-bond donors (Lipinski definition) is 0. The van der Waals surface area contributed by atoms with Crippen LogP contribution in [0, 0.1) is 0 Å². The molecule has 1 saturated heterocycles. The summed E-state index contributed by atoms with van der Waals surface area (Å²) >= 11 is 1.60. The van der Waals surface area contributed by atoms with Crippen LogP contribution < -0.4 is 0 Å². The Hall–Kier alpha value is -1.33. The van der Waals surface area contributed by atoms with Crippen LogP contribution in [0.15, 0.2) is 40.0 Å². The summed E-state index contributed by atoms with van der Waals surface area (Å²) in [5.41, 5.74) is 1.30. The Kier molecular flexibility index (Phi) is 4.93. The smallest absolute Gasteiger partial charge is 0.276 e. The van der Waals surface area contributed by atoms with Crippen molar-refractivity contribution in [2.75, 3.05) is 12.4 Å². The molecule has 0 radical (unpaired) electrons. The predicted octanol–water partition coefficient (Wildman–Crippen LogP) is 3.69. The molecule has 1 fully saturated rings. The van der Waals surface area contributed by atoms with E-state index in [4.69, 9.17) is 9.15 Å². The molecule has 2 aromatic rings. The van der Waals surface area contributed by atoms with Crippen LogP contribution in [0.25, 0.3) is 0 Å². The summed E-state index contributed by atoms with van der Waals surface area (Å²) < 4.78 is 11.3. The van der Waals surface area contributed by atoms with Gasteiger partial charge in [0.15, 0.2) is 0 Å². The molecule has 1 aliphatic heterocycles. The molecule has 3 rings (SSSR count). The van der Waals surface area contributed by atoms with Gasteiger partial charge in [0.2, 0.25) is 5.89 Å². The zero-order valence-electron chi connectivity index (χ0n) is 12.2. The minimum absolute atomic E-state index is 0.341. The monoisotopic (exact) mass is 304 g/mol. The minimum atomic E-state index is 0.341. The van der Waals surface area contributed by atoms with E-state index in [1.54, 1.807) is 11.8 Å². The van der Waals surface area contributed by atoms with Crippen LogP contribution in [0.3, 0.4) is 0 Å². The van der Waals surface area contributed by atoms with Crippen LogP contribution in [0.4, 0.5) is 0 Å². The van der Waals surface area contributed by atoms with Crippen LogP contribution in [0.2, 0.25) is 0 Å². The van der Waals surface area contributed by atoms with E-state index in [-0.39, 0.29) is 0 Å². The number of rotatable bonds is 6. The third-order valence-corrected chi connectivity index (χ3v) is 4.66. The highest BCUT2D eigenvalue weighted by Crippen LogP contribution is 2.25. The second-order valence-electron chi connectivity index (χ2n) is 5.42. The third kappa shape index (κ3) is 4.08. The van der Waals surface area contributed by atoms with E-state index < -0.39 is 0 Å². The molecule has 0 bridgehead atoms. The highest BCUT2D eigenvalue weighted by Gasteiger charge is 2.18. The van der Waals surface area contributed by atoms with Gasteiger partial charge in [-0.15, -0.1) is 10.2 Å². The molecular formula is C16H20N2O2S. The molecule has 21 heavy (non-hydrogen) atoms. The van der Waals surface area contributed by atoms with Crippen molar-refractivity contribution < 1.29 is 9.15 Å². The summed E-state index contributed by atoms with van der Waals surface area (Å²) in [6.45, 7) is 3.06. The average Bonchev–Trinajstić information content (AvgIpc) is 3.17. The van der Waals surface area contributed by atoms with Gasteiger partial charge < -0.3 is 9.15 Å². The fourth-order valence-corrected chi connectivity index (χ4v) is 3.33. The first-order valence-electron chi connectivity index (χ1n) is 7.43. The Morgan fingerprint density at radius 3 is 2.90 bits per heavy atom. The average molecular weight is 304 g/mol. The van der Waals surface area contributed by atoms with Gasteiger partial charge in [-0.25, -0.2) is 0 Å². The van der Waals surface area contributed by atoms with Gasteiger partial charge in [-0.2, -0.15) is 0 Å². The molecule has 2 heterocycles. The minimum Gasteiger partial charge on any atom is -0.416 e. The van der Waals surface area contributed by atoms with Crippen LogP contribution >= 0.6 is 11.8 Å². The molecule has 0 aliphatic carbocycles. The van der Waals surface area contributed by atoms with Gasteiger partial charge in [-0.05, 0) is 24.3 Å². The summed E-state index contributed by atoms with van der Waals surface area (Å²) in [5.74, 6) is 1.99. The second-order valence-corrected chi connectivity index (χ2v) is 6.39. The molecule has 1 aliphatic rings. The Morgan fingerprint density at radius 2 is 2.14 bits per heavy atom. The fraction of sp³-hybridized carbons (Fsp3) is 0.500. The molecule has 1 aromatic carbocycles. The van der Waals surface area contributed by atoms with E-state index in [0.29, 0.717) is 23.1 Å². The molecule has 2 unspecified atom stereocenters. The molecule has 0 saturated carbocycles. The lowest BCUT2D eigenvalue weighted by Gasteiger charge is -2.08. The lowest BCUT2D eigenvalue weighted by atomic mass is 9.98. The largest absolute Gasteiger partial charge is 0.416 e. The van der Waals surface area contributed by atoms with Crippen LogP contribution in [-0.2, 0) is 11.2 Å². The maximum absolute atomic E-state index is 5.72. The number of aromatic nitrogens is 2. The van der Waals surface area contributed by atoms with Crippen molar-refractivity contribution in [1.82, 2.24) is 10.2 Å². The zero-order valence-corrected chi connectivity index (χ0v) is 13.0. The van der Waals surface area contributed by atoms with Crippen LogP contribution in [0.5, 0.6) is 0 Å². The van der Waals surface area contributed by atoms with Crippen molar-refractivity contribution in [3.63, 3.8) is 0 Å². The SMILES string of the molecule is CC(Cc1nnc(SCC2CCCO2)o1)c1ccccc1. The van der Waals surface area contributed by atoms with Gasteiger partial charge >= 0.3 is 0 Å². The number of hydrogen-bond acceptors (Lipinski definition) is 5. The van der Waals surface area contributed by atoms with Gasteiger partial charge in [-0.3, -0.25) is 0 Å². The summed E-state index contributed by atoms with van der Waals surface area (Å²) in [4.78, 5) is 0. The van der Waals surface area contributed by atoms with Crippen molar-refractivity contribution in [3.8, 4) is 0 Å². The topological polar surface area (TPSA) is 48.2 Å². The number of benzene rings is 1. The van der Waals surface area contributed by atoms with Crippen molar-refractivity contribution in [2.45, 2.75) is 43.4 Å². The lowest BCUT2D eigenvalue weighted by molar-refractivity contribution is 0.128. The van der Waals surface area contributed by atoms with Crippen molar-refractivity contribution in [1.29, 1.82) is 0 Å². The van der Waals surface area contributed by atoms with Crippen LogP contribution in [-0.4, -0.2) is 28.7 Å². The molecule has 0 amide bonds. The van der Waals surface area contributed by atoms with Crippen molar-refractivity contribution >= 4 is 11.8 Å². The standard InChI is InChI=1S/C16H20N2O2S/c1-12(13-6-3-2-4-7-13)10-15-17-18-16(20-15)21-11-14-8-5-9-19-14/h2-4,6-7,12,14H,5,8-11H2,1H3. The number of ether oxygens (including phenoxy) is 1. The predicted molar refractivity (Wildman–Crippen MR) is 82.6 cm³/mol. The van der Waals surface area contributed by atoms with E-state index >= 15 is 0 Å². The first-order valence-corrected chi connectivity index (χ1v) is 8.41. The van der Waals surface area contributed by atoms with Crippen molar-refractivity contribution in [2.24, 2.45) is 0 Å². The van der Waals surface area contributed by atoms with Gasteiger partial charge in [0, 0.05) is 18.8 Å². The van der Waals surface area contributed by atoms with Crippen LogP contribution in [0.1, 0.15) is 37.1 Å². The molecule has 5 heteroatoms. The van der Waals surface area contributed by atoms with E-state index in [1.165, 1.54) is 5.56 Å². The molecule has 1 aromatic heterocycles. The first kappa shape index (κ1) is 14.6. The van der Waals surface area contributed by atoms with E-state index in [0.717, 1.165) is 31.6 Å². The highest BCUT2D eigenvalue weighted by molar-refractivity contribution is 7.99. The molecule has 0 N–H and O–H groups in total. The Balaban J connectivity index is 1.52. The molecule has 2 atom stereocenters.